The molecule has 1 aliphatic carbocycles. The van der Waals surface area contributed by atoms with Crippen LogP contribution in [-0.2, 0) is 14.3 Å². The summed E-state index contributed by atoms with van der Waals surface area (Å²) in [5, 5.41) is 11.5. The van der Waals surface area contributed by atoms with Crippen molar-refractivity contribution in [3.63, 3.8) is 0 Å². The quantitative estimate of drug-likeness (QED) is 0.490. The molecular weight excluding hydrogens is 342 g/mol. The maximum Gasteiger partial charge on any atom is 0.330 e. The normalized spacial score (nSPS) is 22.9. The SMILES string of the molecule is COC(=O)/C=C(C)\C=C\[C@@]1(O)C(/C=C/c2ccccn2)=CC(=O)CC1(C)C. The molecule has 0 fully saturated rings. The summed E-state index contributed by atoms with van der Waals surface area (Å²) < 4.78 is 4.62. The Kier molecular flexibility index (Phi) is 6.28. The number of allylic oxidation sites excluding steroid dienone is 3. The molecule has 0 unspecified atom stereocenters. The number of carbonyl (C=O) groups excluding carboxylic acids is 2. The van der Waals surface area contributed by atoms with Crippen LogP contribution in [0.4, 0.5) is 0 Å². The summed E-state index contributed by atoms with van der Waals surface area (Å²) >= 11 is 0. The number of aliphatic hydroxyl groups is 1. The predicted molar refractivity (Wildman–Crippen MR) is 105 cm³/mol. The molecule has 0 aliphatic heterocycles. The molecule has 142 valence electrons. The number of aromatic nitrogens is 1. The lowest BCUT2D eigenvalue weighted by atomic mass is 9.64. The highest BCUT2D eigenvalue weighted by Crippen LogP contribution is 2.45. The van der Waals surface area contributed by atoms with Gasteiger partial charge in [0.25, 0.3) is 0 Å². The summed E-state index contributed by atoms with van der Waals surface area (Å²) in [5.74, 6) is -0.506. The predicted octanol–water partition coefficient (Wildman–Crippen LogP) is 3.43. The highest BCUT2D eigenvalue weighted by atomic mass is 16.5. The number of ether oxygens (including phenoxy) is 1. The van der Waals surface area contributed by atoms with Gasteiger partial charge >= 0.3 is 5.97 Å². The molecule has 0 bridgehead atoms. The smallest absolute Gasteiger partial charge is 0.330 e. The minimum Gasteiger partial charge on any atom is -0.466 e. The Labute approximate surface area is 159 Å². The lowest BCUT2D eigenvalue weighted by Crippen LogP contribution is -2.48. The standard InChI is InChI=1S/C22H25NO4/c1-16(13-20(25)27-4)10-11-22(26)17(14-19(24)15-21(22,2)3)8-9-18-7-5-6-12-23-18/h5-14,26H,15H2,1-4H3/b9-8+,11-10+,16-13-/t22-/m1/s1. The van der Waals surface area contributed by atoms with E-state index in [1.807, 2.05) is 32.0 Å². The van der Waals surface area contributed by atoms with Gasteiger partial charge in [0.2, 0.25) is 0 Å². The Balaban J connectivity index is 2.42. The molecule has 27 heavy (non-hydrogen) atoms. The number of methoxy groups -OCH3 is 1. The molecule has 2 rings (SSSR count). The Hall–Kier alpha value is -2.79. The largest absolute Gasteiger partial charge is 0.466 e. The molecule has 1 atom stereocenters. The van der Waals surface area contributed by atoms with E-state index in [-0.39, 0.29) is 12.2 Å². The summed E-state index contributed by atoms with van der Waals surface area (Å²) in [4.78, 5) is 27.8. The molecule has 0 amide bonds. The Morgan fingerprint density at radius 2 is 2.04 bits per heavy atom. The van der Waals surface area contributed by atoms with Crippen LogP contribution in [0, 0.1) is 5.41 Å². The average Bonchev–Trinajstić information content (AvgIpc) is 2.62. The summed E-state index contributed by atoms with van der Waals surface area (Å²) in [7, 11) is 1.31. The van der Waals surface area contributed by atoms with E-state index in [9.17, 15) is 14.7 Å². The molecular formula is C22H25NO4. The van der Waals surface area contributed by atoms with Gasteiger partial charge in [-0.2, -0.15) is 0 Å². The molecule has 1 N–H and O–H groups in total. The highest BCUT2D eigenvalue weighted by Gasteiger charge is 2.47. The Bertz CT molecular complexity index is 831. The maximum absolute atomic E-state index is 12.2. The molecule has 1 aromatic heterocycles. The molecule has 1 aromatic rings. The minimum atomic E-state index is -1.38. The first-order valence-corrected chi connectivity index (χ1v) is 8.70. The summed E-state index contributed by atoms with van der Waals surface area (Å²) in [6.45, 7) is 5.43. The monoisotopic (exact) mass is 367 g/mol. The van der Waals surface area contributed by atoms with E-state index in [1.165, 1.54) is 19.3 Å². The van der Waals surface area contributed by atoms with Crippen LogP contribution in [0.5, 0.6) is 0 Å². The molecule has 1 aliphatic rings. The van der Waals surface area contributed by atoms with Crippen molar-refractivity contribution in [2.75, 3.05) is 7.11 Å². The highest BCUT2D eigenvalue weighted by molar-refractivity contribution is 5.94. The number of nitrogens with zero attached hydrogens (tertiary/aromatic N) is 1. The average molecular weight is 367 g/mol. The van der Waals surface area contributed by atoms with Gasteiger partial charge in [0, 0.05) is 24.1 Å². The van der Waals surface area contributed by atoms with Crippen molar-refractivity contribution >= 4 is 17.8 Å². The van der Waals surface area contributed by atoms with Crippen molar-refractivity contribution in [1.29, 1.82) is 0 Å². The number of esters is 1. The van der Waals surface area contributed by atoms with Crippen molar-refractivity contribution in [2.24, 2.45) is 5.41 Å². The van der Waals surface area contributed by atoms with E-state index in [0.29, 0.717) is 11.1 Å². The van der Waals surface area contributed by atoms with Crippen LogP contribution in [0.2, 0.25) is 0 Å². The third kappa shape index (κ3) is 4.89. The topological polar surface area (TPSA) is 76.5 Å². The summed E-state index contributed by atoms with van der Waals surface area (Å²) in [6, 6.07) is 5.52. The van der Waals surface area contributed by atoms with Crippen LogP contribution in [0.25, 0.3) is 6.08 Å². The zero-order valence-electron chi connectivity index (χ0n) is 16.1. The third-order valence-electron chi connectivity index (χ3n) is 4.66. The number of rotatable bonds is 5. The van der Waals surface area contributed by atoms with Crippen molar-refractivity contribution < 1.29 is 19.4 Å². The van der Waals surface area contributed by atoms with Crippen molar-refractivity contribution in [1.82, 2.24) is 4.98 Å². The molecule has 0 saturated carbocycles. The van der Waals surface area contributed by atoms with E-state index < -0.39 is 17.0 Å². The van der Waals surface area contributed by atoms with Crippen molar-refractivity contribution in [2.45, 2.75) is 32.8 Å². The van der Waals surface area contributed by atoms with Gasteiger partial charge in [0.15, 0.2) is 5.78 Å². The second-order valence-corrected chi connectivity index (χ2v) is 7.23. The van der Waals surface area contributed by atoms with E-state index in [4.69, 9.17) is 0 Å². The van der Waals surface area contributed by atoms with Crippen LogP contribution in [-0.4, -0.2) is 34.6 Å². The van der Waals surface area contributed by atoms with E-state index >= 15 is 0 Å². The van der Waals surface area contributed by atoms with Gasteiger partial charge in [0.1, 0.15) is 5.60 Å². The zero-order chi connectivity index (χ0) is 20.1. The number of hydrogen-bond donors (Lipinski definition) is 1. The summed E-state index contributed by atoms with van der Waals surface area (Å²) in [5.41, 5.74) is -0.253. The molecule has 0 saturated heterocycles. The summed E-state index contributed by atoms with van der Waals surface area (Å²) in [6.07, 6.45) is 11.5. The van der Waals surface area contributed by atoms with E-state index in [1.54, 1.807) is 37.4 Å². The van der Waals surface area contributed by atoms with E-state index in [0.717, 1.165) is 5.69 Å². The Morgan fingerprint density at radius 1 is 1.30 bits per heavy atom. The molecule has 5 nitrogen and oxygen atoms in total. The van der Waals surface area contributed by atoms with Crippen LogP contribution in [0.15, 0.2) is 65.9 Å². The van der Waals surface area contributed by atoms with Crippen molar-refractivity contribution in [3.8, 4) is 0 Å². The van der Waals surface area contributed by atoms with Crippen LogP contribution in [0.3, 0.4) is 0 Å². The van der Waals surface area contributed by atoms with Crippen molar-refractivity contribution in [3.05, 3.63) is 71.6 Å². The molecule has 0 radical (unpaired) electrons. The number of carbonyl (C=O) groups is 2. The number of hydrogen-bond acceptors (Lipinski definition) is 5. The van der Waals surface area contributed by atoms with Crippen LogP contribution < -0.4 is 0 Å². The Morgan fingerprint density at radius 3 is 2.67 bits per heavy atom. The fraction of sp³-hybridized carbons (Fsp3) is 0.318. The van der Waals surface area contributed by atoms with Gasteiger partial charge in [-0.1, -0.05) is 32.1 Å². The number of pyridine rings is 1. The maximum atomic E-state index is 12.2. The molecule has 5 heteroatoms. The molecule has 0 spiro atoms. The van der Waals surface area contributed by atoms with Gasteiger partial charge in [-0.3, -0.25) is 9.78 Å². The lowest BCUT2D eigenvalue weighted by Gasteiger charge is -2.44. The van der Waals surface area contributed by atoms with Gasteiger partial charge in [-0.15, -0.1) is 0 Å². The zero-order valence-corrected chi connectivity index (χ0v) is 16.1. The van der Waals surface area contributed by atoms with Gasteiger partial charge in [-0.25, -0.2) is 4.79 Å². The first-order valence-electron chi connectivity index (χ1n) is 8.70. The lowest BCUT2D eigenvalue weighted by molar-refractivity contribution is -0.134. The fourth-order valence-corrected chi connectivity index (χ4v) is 2.99. The first-order chi connectivity index (χ1) is 12.7. The third-order valence-corrected chi connectivity index (χ3v) is 4.66. The van der Waals surface area contributed by atoms with Gasteiger partial charge in [-0.05, 0) is 48.4 Å². The first kappa shape index (κ1) is 20.5. The minimum absolute atomic E-state index is 0.0411. The second-order valence-electron chi connectivity index (χ2n) is 7.23. The van der Waals surface area contributed by atoms with Gasteiger partial charge in [0.05, 0.1) is 12.8 Å². The van der Waals surface area contributed by atoms with E-state index in [2.05, 4.69) is 9.72 Å². The molecule has 1 heterocycles. The second kappa shape index (κ2) is 8.27. The van der Waals surface area contributed by atoms with Gasteiger partial charge < -0.3 is 9.84 Å². The number of ketones is 1. The fourth-order valence-electron chi connectivity index (χ4n) is 2.99. The molecule has 0 aromatic carbocycles. The van der Waals surface area contributed by atoms with Crippen LogP contribution >= 0.6 is 0 Å². The van der Waals surface area contributed by atoms with Crippen LogP contribution in [0.1, 0.15) is 32.9 Å².